The smallest absolute Gasteiger partial charge is 0.254 e. The third kappa shape index (κ3) is 3.52. The maximum atomic E-state index is 12.8. The van der Waals surface area contributed by atoms with Crippen LogP contribution in [0.3, 0.4) is 0 Å². The second kappa shape index (κ2) is 7.64. The zero-order valence-electron chi connectivity index (χ0n) is 13.6. The van der Waals surface area contributed by atoms with Gasteiger partial charge in [-0.05, 0) is 17.7 Å². The Hall–Kier alpha value is -2.11. The van der Waals surface area contributed by atoms with Gasteiger partial charge in [0.15, 0.2) is 0 Å². The van der Waals surface area contributed by atoms with Crippen LogP contribution in [0.15, 0.2) is 42.7 Å². The number of piperazine rings is 1. The van der Waals surface area contributed by atoms with Crippen LogP contribution in [0.2, 0.25) is 5.02 Å². The van der Waals surface area contributed by atoms with Crippen molar-refractivity contribution in [1.29, 1.82) is 0 Å². The normalized spacial score (nSPS) is 14.8. The van der Waals surface area contributed by atoms with E-state index in [1.54, 1.807) is 19.5 Å². The third-order valence-electron chi connectivity index (χ3n) is 4.21. The van der Waals surface area contributed by atoms with Gasteiger partial charge in [0.25, 0.3) is 5.91 Å². The standard InChI is InChI=1S/C18H20ClN3O2/c1-24-13-14-4-2-3-5-15(14)18(23)22-10-8-21(9-11-22)17-6-7-20-12-16(17)19/h2-7,12H,8-11,13H2,1H3. The van der Waals surface area contributed by atoms with Crippen molar-refractivity contribution in [1.82, 2.24) is 9.88 Å². The van der Waals surface area contributed by atoms with Crippen LogP contribution >= 0.6 is 11.6 Å². The van der Waals surface area contributed by atoms with E-state index in [-0.39, 0.29) is 5.91 Å². The fourth-order valence-electron chi connectivity index (χ4n) is 2.96. The summed E-state index contributed by atoms with van der Waals surface area (Å²) < 4.78 is 5.19. The van der Waals surface area contributed by atoms with Crippen molar-refractivity contribution in [3.63, 3.8) is 0 Å². The van der Waals surface area contributed by atoms with Crippen LogP contribution in [0.1, 0.15) is 15.9 Å². The fraction of sp³-hybridized carbons (Fsp3) is 0.333. The number of amides is 1. The molecule has 6 heteroatoms. The number of hydrogen-bond donors (Lipinski definition) is 0. The molecule has 2 aromatic rings. The van der Waals surface area contributed by atoms with E-state index in [9.17, 15) is 4.79 Å². The molecular weight excluding hydrogens is 326 g/mol. The zero-order valence-corrected chi connectivity index (χ0v) is 14.4. The Kier molecular flexibility index (Phi) is 5.33. The lowest BCUT2D eigenvalue weighted by atomic mass is 10.1. The topological polar surface area (TPSA) is 45.7 Å². The van der Waals surface area contributed by atoms with Crippen LogP contribution < -0.4 is 4.90 Å². The maximum Gasteiger partial charge on any atom is 0.254 e. The first kappa shape index (κ1) is 16.7. The summed E-state index contributed by atoms with van der Waals surface area (Å²) in [6.07, 6.45) is 3.38. The molecule has 0 spiro atoms. The van der Waals surface area contributed by atoms with Gasteiger partial charge in [0.1, 0.15) is 0 Å². The van der Waals surface area contributed by atoms with E-state index >= 15 is 0 Å². The van der Waals surface area contributed by atoms with E-state index in [0.717, 1.165) is 29.9 Å². The van der Waals surface area contributed by atoms with Gasteiger partial charge in [-0.15, -0.1) is 0 Å². The lowest BCUT2D eigenvalue weighted by Crippen LogP contribution is -2.49. The quantitative estimate of drug-likeness (QED) is 0.854. The number of hydrogen-bond acceptors (Lipinski definition) is 4. The molecule has 1 saturated heterocycles. The SMILES string of the molecule is COCc1ccccc1C(=O)N1CCN(c2ccncc2Cl)CC1. The molecule has 3 rings (SSSR count). The second-order valence-electron chi connectivity index (χ2n) is 5.70. The highest BCUT2D eigenvalue weighted by atomic mass is 35.5. The van der Waals surface area contributed by atoms with E-state index in [4.69, 9.17) is 16.3 Å². The predicted octanol–water partition coefficient (Wildman–Crippen LogP) is 2.84. The van der Waals surface area contributed by atoms with Crippen LogP contribution in [-0.4, -0.2) is 49.1 Å². The van der Waals surface area contributed by atoms with Crippen molar-refractivity contribution in [3.05, 3.63) is 58.9 Å². The largest absolute Gasteiger partial charge is 0.380 e. The van der Waals surface area contributed by atoms with E-state index < -0.39 is 0 Å². The first-order valence-corrected chi connectivity index (χ1v) is 8.29. The van der Waals surface area contributed by atoms with Crippen molar-refractivity contribution < 1.29 is 9.53 Å². The van der Waals surface area contributed by atoms with Gasteiger partial charge in [-0.2, -0.15) is 0 Å². The third-order valence-corrected chi connectivity index (χ3v) is 4.50. The van der Waals surface area contributed by atoms with E-state index in [1.165, 1.54) is 0 Å². The summed E-state index contributed by atoms with van der Waals surface area (Å²) in [7, 11) is 1.64. The molecule has 0 radical (unpaired) electrons. The highest BCUT2D eigenvalue weighted by Gasteiger charge is 2.24. The van der Waals surface area contributed by atoms with Gasteiger partial charge >= 0.3 is 0 Å². The van der Waals surface area contributed by atoms with Crippen molar-refractivity contribution in [2.24, 2.45) is 0 Å². The molecule has 1 aliphatic rings. The van der Waals surface area contributed by atoms with Crippen molar-refractivity contribution in [2.45, 2.75) is 6.61 Å². The molecule has 0 bridgehead atoms. The summed E-state index contributed by atoms with van der Waals surface area (Å²) in [5.41, 5.74) is 2.61. The lowest BCUT2D eigenvalue weighted by molar-refractivity contribution is 0.0742. The molecule has 1 aliphatic heterocycles. The van der Waals surface area contributed by atoms with Crippen LogP contribution in [0.5, 0.6) is 0 Å². The molecule has 24 heavy (non-hydrogen) atoms. The van der Waals surface area contributed by atoms with E-state index in [2.05, 4.69) is 9.88 Å². The van der Waals surface area contributed by atoms with Gasteiger partial charge in [0.2, 0.25) is 0 Å². The van der Waals surface area contributed by atoms with Gasteiger partial charge < -0.3 is 14.5 Å². The number of methoxy groups -OCH3 is 1. The van der Waals surface area contributed by atoms with E-state index in [0.29, 0.717) is 24.7 Å². The Labute approximate surface area is 146 Å². The van der Waals surface area contributed by atoms with Crippen LogP contribution in [0.4, 0.5) is 5.69 Å². The second-order valence-corrected chi connectivity index (χ2v) is 6.10. The number of halogens is 1. The van der Waals surface area contributed by atoms with E-state index in [1.807, 2.05) is 35.2 Å². The zero-order chi connectivity index (χ0) is 16.9. The number of ether oxygens (including phenoxy) is 1. The minimum atomic E-state index is 0.0584. The molecule has 1 aromatic carbocycles. The molecule has 0 unspecified atom stereocenters. The minimum Gasteiger partial charge on any atom is -0.380 e. The number of aromatic nitrogens is 1. The highest BCUT2D eigenvalue weighted by Crippen LogP contribution is 2.25. The Morgan fingerprint density at radius 1 is 1.21 bits per heavy atom. The van der Waals surface area contributed by atoms with Crippen molar-refractivity contribution in [3.8, 4) is 0 Å². The summed E-state index contributed by atoms with van der Waals surface area (Å²) in [6.45, 7) is 3.27. The van der Waals surface area contributed by atoms with Crippen LogP contribution in [0.25, 0.3) is 0 Å². The number of pyridine rings is 1. The monoisotopic (exact) mass is 345 g/mol. The first-order valence-electron chi connectivity index (χ1n) is 7.91. The molecule has 1 amide bonds. The van der Waals surface area contributed by atoms with Gasteiger partial charge in [0, 0.05) is 51.2 Å². The highest BCUT2D eigenvalue weighted by molar-refractivity contribution is 6.33. The molecule has 2 heterocycles. The average Bonchev–Trinajstić information content (AvgIpc) is 2.63. The number of benzene rings is 1. The van der Waals surface area contributed by atoms with Gasteiger partial charge in [-0.25, -0.2) is 0 Å². The first-order chi connectivity index (χ1) is 11.7. The Balaban J connectivity index is 1.69. The van der Waals surface area contributed by atoms with Gasteiger partial charge in [-0.1, -0.05) is 29.8 Å². The van der Waals surface area contributed by atoms with Crippen LogP contribution in [0, 0.1) is 0 Å². The van der Waals surface area contributed by atoms with Crippen molar-refractivity contribution in [2.75, 3.05) is 38.2 Å². The predicted molar refractivity (Wildman–Crippen MR) is 94.5 cm³/mol. The number of rotatable bonds is 4. The summed E-state index contributed by atoms with van der Waals surface area (Å²) in [5, 5.41) is 0.641. The fourth-order valence-corrected chi connectivity index (χ4v) is 3.19. The van der Waals surface area contributed by atoms with Crippen LogP contribution in [-0.2, 0) is 11.3 Å². The molecule has 0 saturated carbocycles. The van der Waals surface area contributed by atoms with Gasteiger partial charge in [-0.3, -0.25) is 9.78 Å². The average molecular weight is 346 g/mol. The molecular formula is C18H20ClN3O2. The molecule has 1 fully saturated rings. The summed E-state index contributed by atoms with van der Waals surface area (Å²) in [6, 6.07) is 9.52. The Morgan fingerprint density at radius 3 is 2.67 bits per heavy atom. The number of carbonyl (C=O) groups is 1. The number of nitrogens with zero attached hydrogens (tertiary/aromatic N) is 3. The van der Waals surface area contributed by atoms with Gasteiger partial charge in [0.05, 0.1) is 17.3 Å². The number of anilines is 1. The molecule has 0 atom stereocenters. The minimum absolute atomic E-state index is 0.0584. The lowest BCUT2D eigenvalue weighted by Gasteiger charge is -2.36. The number of carbonyl (C=O) groups excluding carboxylic acids is 1. The molecule has 0 aliphatic carbocycles. The molecule has 1 aromatic heterocycles. The molecule has 5 nitrogen and oxygen atoms in total. The molecule has 126 valence electrons. The van der Waals surface area contributed by atoms with Crippen molar-refractivity contribution >= 4 is 23.2 Å². The summed E-state index contributed by atoms with van der Waals surface area (Å²) >= 11 is 6.21. The Morgan fingerprint density at radius 2 is 1.96 bits per heavy atom. The maximum absolute atomic E-state index is 12.8. The Bertz CT molecular complexity index is 715. The summed E-state index contributed by atoms with van der Waals surface area (Å²) in [4.78, 5) is 20.9. The molecule has 0 N–H and O–H groups in total. The summed E-state index contributed by atoms with van der Waals surface area (Å²) in [5.74, 6) is 0.0584.